The summed E-state index contributed by atoms with van der Waals surface area (Å²) in [7, 11) is 0. The number of carboxylic acids is 1. The smallest absolute Gasteiger partial charge is 0.312 e. The minimum absolute atomic E-state index is 0.560. The van der Waals surface area contributed by atoms with Gasteiger partial charge in [-0.25, -0.2) is 0 Å². The lowest BCUT2D eigenvalue weighted by Gasteiger charge is -2.46. The first-order valence-corrected chi connectivity index (χ1v) is 4.65. The van der Waals surface area contributed by atoms with Crippen LogP contribution in [0.4, 0.5) is 5.69 Å². The number of nitrogens with zero attached hydrogens (tertiary/aromatic N) is 1. The Morgan fingerprint density at radius 2 is 1.93 bits per heavy atom. The quantitative estimate of drug-likeness (QED) is 0.771. The van der Waals surface area contributed by atoms with Crippen molar-refractivity contribution in [3.63, 3.8) is 0 Å². The Labute approximate surface area is 83.0 Å². The van der Waals surface area contributed by atoms with Gasteiger partial charge in [-0.3, -0.25) is 4.79 Å². The maximum Gasteiger partial charge on any atom is 0.312 e. The molecule has 1 aliphatic heterocycles. The van der Waals surface area contributed by atoms with Gasteiger partial charge >= 0.3 is 5.97 Å². The average molecular weight is 191 g/mol. The molecule has 0 aromatic heterocycles. The fourth-order valence-corrected chi connectivity index (χ4v) is 1.75. The Bertz CT molecular complexity index is 342. The Morgan fingerprint density at radius 3 is 2.43 bits per heavy atom. The van der Waals surface area contributed by atoms with Gasteiger partial charge in [0, 0.05) is 18.8 Å². The molecule has 2 rings (SSSR count). The fraction of sp³-hybridized carbons (Fsp3) is 0.364. The van der Waals surface area contributed by atoms with Gasteiger partial charge in [0.15, 0.2) is 0 Å². The second kappa shape index (κ2) is 3.01. The number of anilines is 1. The molecule has 0 bridgehead atoms. The van der Waals surface area contributed by atoms with E-state index in [1.54, 1.807) is 6.92 Å². The van der Waals surface area contributed by atoms with Crippen LogP contribution < -0.4 is 4.90 Å². The zero-order valence-electron chi connectivity index (χ0n) is 8.10. The first kappa shape index (κ1) is 9.06. The monoisotopic (exact) mass is 191 g/mol. The number of para-hydroxylation sites is 1. The summed E-state index contributed by atoms with van der Waals surface area (Å²) in [5, 5.41) is 8.93. The summed E-state index contributed by atoms with van der Waals surface area (Å²) < 4.78 is 0. The van der Waals surface area contributed by atoms with Crippen LogP contribution in [0.15, 0.2) is 30.3 Å². The summed E-state index contributed by atoms with van der Waals surface area (Å²) in [5.74, 6) is -0.704. The van der Waals surface area contributed by atoms with E-state index in [-0.39, 0.29) is 0 Å². The van der Waals surface area contributed by atoms with Gasteiger partial charge in [0.05, 0.1) is 5.41 Å². The third kappa shape index (κ3) is 1.35. The van der Waals surface area contributed by atoms with Crippen molar-refractivity contribution in [1.82, 2.24) is 0 Å². The summed E-state index contributed by atoms with van der Waals surface area (Å²) in [6, 6.07) is 9.89. The van der Waals surface area contributed by atoms with Gasteiger partial charge in [-0.1, -0.05) is 18.2 Å². The lowest BCUT2D eigenvalue weighted by molar-refractivity contribution is -0.149. The highest BCUT2D eigenvalue weighted by molar-refractivity contribution is 5.78. The van der Waals surface area contributed by atoms with E-state index in [4.69, 9.17) is 5.11 Å². The molecular weight excluding hydrogens is 178 g/mol. The number of hydrogen-bond acceptors (Lipinski definition) is 2. The molecule has 1 N–H and O–H groups in total. The molecule has 0 unspecified atom stereocenters. The van der Waals surface area contributed by atoms with Crippen LogP contribution in [0.1, 0.15) is 6.92 Å². The second-order valence-corrected chi connectivity index (χ2v) is 4.06. The highest BCUT2D eigenvalue weighted by atomic mass is 16.4. The molecule has 0 saturated carbocycles. The molecule has 0 aliphatic carbocycles. The van der Waals surface area contributed by atoms with E-state index >= 15 is 0 Å². The Hall–Kier alpha value is -1.51. The SMILES string of the molecule is CC1(C(=O)O)CN(c2ccccc2)C1. The van der Waals surface area contributed by atoms with E-state index in [9.17, 15) is 4.79 Å². The molecule has 0 spiro atoms. The van der Waals surface area contributed by atoms with Crippen molar-refractivity contribution in [2.24, 2.45) is 5.41 Å². The molecule has 0 atom stereocenters. The van der Waals surface area contributed by atoms with Crippen LogP contribution in [0.3, 0.4) is 0 Å². The maximum atomic E-state index is 10.9. The van der Waals surface area contributed by atoms with Crippen LogP contribution in [0, 0.1) is 5.41 Å². The molecule has 1 heterocycles. The van der Waals surface area contributed by atoms with Crippen LogP contribution in [0.25, 0.3) is 0 Å². The highest BCUT2D eigenvalue weighted by Crippen LogP contribution is 2.33. The highest BCUT2D eigenvalue weighted by Gasteiger charge is 2.45. The molecule has 0 radical (unpaired) electrons. The average Bonchev–Trinajstić information content (AvgIpc) is 2.14. The minimum atomic E-state index is -0.704. The van der Waals surface area contributed by atoms with Gasteiger partial charge in [-0.05, 0) is 19.1 Å². The van der Waals surface area contributed by atoms with E-state index in [0.717, 1.165) is 5.69 Å². The molecule has 1 fully saturated rings. The first-order valence-electron chi connectivity index (χ1n) is 4.65. The third-order valence-electron chi connectivity index (χ3n) is 2.72. The van der Waals surface area contributed by atoms with Crippen molar-refractivity contribution in [3.8, 4) is 0 Å². The lowest BCUT2D eigenvalue weighted by Crippen LogP contribution is -2.58. The summed E-state index contributed by atoms with van der Waals surface area (Å²) in [5.41, 5.74) is 0.543. The Morgan fingerprint density at radius 1 is 1.36 bits per heavy atom. The number of hydrogen-bond donors (Lipinski definition) is 1. The maximum absolute atomic E-state index is 10.9. The lowest BCUT2D eigenvalue weighted by atomic mass is 9.82. The van der Waals surface area contributed by atoms with Crippen molar-refractivity contribution in [3.05, 3.63) is 30.3 Å². The minimum Gasteiger partial charge on any atom is -0.481 e. The second-order valence-electron chi connectivity index (χ2n) is 4.06. The largest absolute Gasteiger partial charge is 0.481 e. The predicted molar refractivity (Wildman–Crippen MR) is 54.4 cm³/mol. The van der Waals surface area contributed by atoms with Crippen molar-refractivity contribution in [1.29, 1.82) is 0 Å². The van der Waals surface area contributed by atoms with E-state index < -0.39 is 11.4 Å². The Balaban J connectivity index is 2.05. The summed E-state index contributed by atoms with van der Waals surface area (Å²) in [6.45, 7) is 2.99. The summed E-state index contributed by atoms with van der Waals surface area (Å²) in [4.78, 5) is 12.9. The zero-order valence-corrected chi connectivity index (χ0v) is 8.10. The molecule has 1 saturated heterocycles. The van der Waals surface area contributed by atoms with Crippen LogP contribution >= 0.6 is 0 Å². The van der Waals surface area contributed by atoms with Gasteiger partial charge in [-0.15, -0.1) is 0 Å². The molecule has 3 nitrogen and oxygen atoms in total. The molecule has 3 heteroatoms. The van der Waals surface area contributed by atoms with Crippen molar-refractivity contribution >= 4 is 11.7 Å². The molecule has 74 valence electrons. The third-order valence-corrected chi connectivity index (χ3v) is 2.72. The van der Waals surface area contributed by atoms with Crippen molar-refractivity contribution < 1.29 is 9.90 Å². The molecule has 14 heavy (non-hydrogen) atoms. The Kier molecular flexibility index (Phi) is 1.95. The van der Waals surface area contributed by atoms with E-state index in [0.29, 0.717) is 13.1 Å². The van der Waals surface area contributed by atoms with Gasteiger partial charge in [0.25, 0.3) is 0 Å². The molecule has 1 aliphatic rings. The van der Waals surface area contributed by atoms with Crippen molar-refractivity contribution in [2.45, 2.75) is 6.92 Å². The van der Waals surface area contributed by atoms with Crippen LogP contribution in [-0.2, 0) is 4.79 Å². The van der Waals surface area contributed by atoms with Crippen molar-refractivity contribution in [2.75, 3.05) is 18.0 Å². The molecule has 1 aromatic rings. The first-order chi connectivity index (χ1) is 6.62. The van der Waals surface area contributed by atoms with E-state index in [2.05, 4.69) is 4.90 Å². The normalized spacial score (nSPS) is 18.8. The summed E-state index contributed by atoms with van der Waals surface area (Å²) in [6.07, 6.45) is 0. The fourth-order valence-electron chi connectivity index (χ4n) is 1.75. The molecular formula is C11H13NO2. The number of rotatable bonds is 2. The molecule has 0 amide bonds. The van der Waals surface area contributed by atoms with Gasteiger partial charge in [-0.2, -0.15) is 0 Å². The number of carboxylic acid groups (broad SMARTS) is 1. The van der Waals surface area contributed by atoms with E-state index in [1.807, 2.05) is 30.3 Å². The number of carbonyl (C=O) groups is 1. The summed E-state index contributed by atoms with van der Waals surface area (Å²) >= 11 is 0. The standard InChI is InChI=1S/C11H13NO2/c1-11(10(13)14)7-12(8-11)9-5-3-2-4-6-9/h2-6H,7-8H2,1H3,(H,13,14). The zero-order chi connectivity index (χ0) is 10.2. The van der Waals surface area contributed by atoms with Gasteiger partial charge in [0.2, 0.25) is 0 Å². The number of benzene rings is 1. The predicted octanol–water partition coefficient (Wildman–Crippen LogP) is 1.60. The van der Waals surface area contributed by atoms with Crippen LogP contribution in [0.2, 0.25) is 0 Å². The topological polar surface area (TPSA) is 40.5 Å². The molecule has 1 aromatic carbocycles. The van der Waals surface area contributed by atoms with Gasteiger partial charge in [0.1, 0.15) is 0 Å². The number of aliphatic carboxylic acids is 1. The van der Waals surface area contributed by atoms with Gasteiger partial charge < -0.3 is 10.0 Å². The van der Waals surface area contributed by atoms with Crippen LogP contribution in [-0.4, -0.2) is 24.2 Å². The van der Waals surface area contributed by atoms with E-state index in [1.165, 1.54) is 0 Å². The van der Waals surface area contributed by atoms with Crippen LogP contribution in [0.5, 0.6) is 0 Å².